The van der Waals surface area contributed by atoms with Gasteiger partial charge in [0, 0.05) is 23.5 Å². The second-order valence-corrected chi connectivity index (χ2v) is 5.09. The number of nitrogens with zero attached hydrogens (tertiary/aromatic N) is 1. The van der Waals surface area contributed by atoms with Crippen molar-refractivity contribution >= 4 is 11.3 Å². The van der Waals surface area contributed by atoms with Crippen molar-refractivity contribution in [3.05, 3.63) is 40.4 Å². The van der Waals surface area contributed by atoms with Crippen LogP contribution in [0.1, 0.15) is 30.5 Å². The number of aromatic nitrogens is 1. The Balaban J connectivity index is 1.99. The molecule has 0 saturated carbocycles. The van der Waals surface area contributed by atoms with Crippen LogP contribution in [0, 0.1) is 5.92 Å². The van der Waals surface area contributed by atoms with Crippen LogP contribution in [-0.4, -0.2) is 5.16 Å². The van der Waals surface area contributed by atoms with Crippen molar-refractivity contribution in [2.24, 2.45) is 5.92 Å². The molecular weight excluding hydrogens is 220 g/mol. The molecule has 0 saturated heterocycles. The summed E-state index contributed by atoms with van der Waals surface area (Å²) in [5.74, 6) is 0.561. The van der Waals surface area contributed by atoms with Gasteiger partial charge in [-0.2, -0.15) is 0 Å². The number of rotatable bonds is 5. The maximum absolute atomic E-state index is 4.81. The lowest BCUT2D eigenvalue weighted by Crippen LogP contribution is -2.24. The summed E-state index contributed by atoms with van der Waals surface area (Å²) in [6.45, 7) is 5.19. The Kier molecular flexibility index (Phi) is 3.74. The van der Waals surface area contributed by atoms with E-state index in [2.05, 4.69) is 41.8 Å². The smallest absolute Gasteiger partial charge is 0.124 e. The van der Waals surface area contributed by atoms with Crippen LogP contribution in [0.4, 0.5) is 0 Å². The molecule has 0 aliphatic heterocycles. The zero-order valence-corrected chi connectivity index (χ0v) is 10.3. The average molecular weight is 236 g/mol. The number of nitrogens with one attached hydrogen (secondary N) is 1. The third-order valence-electron chi connectivity index (χ3n) is 2.51. The van der Waals surface area contributed by atoms with Crippen molar-refractivity contribution in [1.82, 2.24) is 10.5 Å². The van der Waals surface area contributed by atoms with Gasteiger partial charge < -0.3 is 9.84 Å². The highest BCUT2D eigenvalue weighted by Crippen LogP contribution is 2.25. The molecule has 2 heterocycles. The van der Waals surface area contributed by atoms with Gasteiger partial charge in [-0.25, -0.2) is 0 Å². The molecule has 4 heteroatoms. The molecule has 1 N–H and O–H groups in total. The molecule has 0 aliphatic carbocycles. The summed E-state index contributed by atoms with van der Waals surface area (Å²) in [6.07, 6.45) is 1.60. The molecule has 0 amide bonds. The lowest BCUT2D eigenvalue weighted by Gasteiger charge is -2.20. The minimum atomic E-state index is 0.386. The Hall–Kier alpha value is -1.13. The van der Waals surface area contributed by atoms with E-state index >= 15 is 0 Å². The Morgan fingerprint density at radius 3 is 2.88 bits per heavy atom. The fourth-order valence-electron chi connectivity index (χ4n) is 1.68. The Morgan fingerprint density at radius 1 is 1.44 bits per heavy atom. The van der Waals surface area contributed by atoms with Crippen LogP contribution in [0.25, 0.3) is 0 Å². The van der Waals surface area contributed by atoms with Gasteiger partial charge in [0.25, 0.3) is 0 Å². The highest BCUT2D eigenvalue weighted by atomic mass is 32.1. The van der Waals surface area contributed by atoms with Crippen molar-refractivity contribution in [2.45, 2.75) is 26.4 Å². The summed E-state index contributed by atoms with van der Waals surface area (Å²) >= 11 is 1.79. The van der Waals surface area contributed by atoms with E-state index in [-0.39, 0.29) is 0 Å². The third kappa shape index (κ3) is 2.71. The molecule has 3 nitrogen and oxygen atoms in total. The quantitative estimate of drug-likeness (QED) is 0.866. The maximum atomic E-state index is 4.81. The van der Waals surface area contributed by atoms with Crippen LogP contribution in [0.15, 0.2) is 34.4 Å². The Bertz CT molecular complexity index is 395. The molecule has 0 bridgehead atoms. The predicted octanol–water partition coefficient (Wildman–Crippen LogP) is 3.22. The van der Waals surface area contributed by atoms with Crippen LogP contribution in [0.3, 0.4) is 0 Å². The van der Waals surface area contributed by atoms with Crippen LogP contribution in [0.5, 0.6) is 0 Å². The first-order valence-electron chi connectivity index (χ1n) is 5.43. The number of thiophene rings is 1. The van der Waals surface area contributed by atoms with E-state index in [1.165, 1.54) is 4.88 Å². The van der Waals surface area contributed by atoms with Crippen LogP contribution in [-0.2, 0) is 6.54 Å². The van der Waals surface area contributed by atoms with Crippen LogP contribution in [0.2, 0.25) is 0 Å². The summed E-state index contributed by atoms with van der Waals surface area (Å²) in [6, 6.07) is 6.54. The molecular formula is C12H16N2OS. The standard InChI is InChI=1S/C12H16N2OS/c1-9(2)12(11-4-3-7-16-11)13-8-10-5-6-15-14-10/h3-7,9,12-13H,8H2,1-2H3. The largest absolute Gasteiger partial charge is 0.364 e. The van der Waals surface area contributed by atoms with Gasteiger partial charge in [-0.05, 0) is 17.4 Å². The Labute approximate surface area is 99.5 Å². The first kappa shape index (κ1) is 11.4. The van der Waals surface area contributed by atoms with Gasteiger partial charge in [-0.15, -0.1) is 11.3 Å². The first-order chi connectivity index (χ1) is 7.77. The lowest BCUT2D eigenvalue weighted by molar-refractivity contribution is 0.387. The number of hydrogen-bond acceptors (Lipinski definition) is 4. The second-order valence-electron chi connectivity index (χ2n) is 4.11. The number of hydrogen-bond donors (Lipinski definition) is 1. The lowest BCUT2D eigenvalue weighted by atomic mass is 10.0. The molecule has 2 aromatic heterocycles. The Morgan fingerprint density at radius 2 is 2.31 bits per heavy atom. The molecule has 2 aromatic rings. The van der Waals surface area contributed by atoms with Gasteiger partial charge in [0.1, 0.15) is 6.26 Å². The van der Waals surface area contributed by atoms with Crippen molar-refractivity contribution in [1.29, 1.82) is 0 Å². The highest BCUT2D eigenvalue weighted by Gasteiger charge is 2.16. The van der Waals surface area contributed by atoms with Crippen molar-refractivity contribution in [2.75, 3.05) is 0 Å². The molecule has 1 atom stereocenters. The fraction of sp³-hybridized carbons (Fsp3) is 0.417. The molecule has 0 aromatic carbocycles. The van der Waals surface area contributed by atoms with Gasteiger partial charge in [0.05, 0.1) is 5.69 Å². The molecule has 1 unspecified atom stereocenters. The summed E-state index contributed by atoms with van der Waals surface area (Å²) in [5.41, 5.74) is 0.946. The van der Waals surface area contributed by atoms with E-state index in [1.54, 1.807) is 17.6 Å². The zero-order valence-electron chi connectivity index (χ0n) is 9.51. The zero-order chi connectivity index (χ0) is 11.4. The summed E-state index contributed by atoms with van der Waals surface area (Å²) in [5, 5.41) is 9.52. The molecule has 86 valence electrons. The van der Waals surface area contributed by atoms with E-state index in [9.17, 15) is 0 Å². The van der Waals surface area contributed by atoms with E-state index in [0.717, 1.165) is 12.2 Å². The predicted molar refractivity (Wildman–Crippen MR) is 65.2 cm³/mol. The van der Waals surface area contributed by atoms with Gasteiger partial charge in [-0.3, -0.25) is 0 Å². The monoisotopic (exact) mass is 236 g/mol. The van der Waals surface area contributed by atoms with Crippen LogP contribution >= 0.6 is 11.3 Å². The van der Waals surface area contributed by atoms with Gasteiger partial charge >= 0.3 is 0 Å². The minimum Gasteiger partial charge on any atom is -0.364 e. The second kappa shape index (κ2) is 5.27. The maximum Gasteiger partial charge on any atom is 0.124 e. The summed E-state index contributed by atoms with van der Waals surface area (Å²) in [7, 11) is 0. The molecule has 16 heavy (non-hydrogen) atoms. The van der Waals surface area contributed by atoms with Gasteiger partial charge in [-0.1, -0.05) is 25.1 Å². The van der Waals surface area contributed by atoms with Crippen molar-refractivity contribution in [3.63, 3.8) is 0 Å². The normalized spacial score (nSPS) is 13.2. The van der Waals surface area contributed by atoms with Crippen molar-refractivity contribution in [3.8, 4) is 0 Å². The summed E-state index contributed by atoms with van der Waals surface area (Å²) < 4.78 is 4.81. The van der Waals surface area contributed by atoms with E-state index in [4.69, 9.17) is 4.52 Å². The van der Waals surface area contributed by atoms with Crippen LogP contribution < -0.4 is 5.32 Å². The highest BCUT2D eigenvalue weighted by molar-refractivity contribution is 7.10. The minimum absolute atomic E-state index is 0.386. The molecule has 0 aliphatic rings. The molecule has 0 spiro atoms. The summed E-state index contributed by atoms with van der Waals surface area (Å²) in [4.78, 5) is 1.37. The van der Waals surface area contributed by atoms with Gasteiger partial charge in [0.15, 0.2) is 0 Å². The average Bonchev–Trinajstić information content (AvgIpc) is 2.88. The topological polar surface area (TPSA) is 38.1 Å². The van der Waals surface area contributed by atoms with E-state index < -0.39 is 0 Å². The fourth-order valence-corrected chi connectivity index (χ4v) is 2.65. The SMILES string of the molecule is CC(C)C(NCc1ccon1)c1cccs1. The molecule has 0 fully saturated rings. The third-order valence-corrected chi connectivity index (χ3v) is 3.47. The first-order valence-corrected chi connectivity index (χ1v) is 6.31. The molecule has 0 radical (unpaired) electrons. The van der Waals surface area contributed by atoms with E-state index in [1.807, 2.05) is 6.07 Å². The van der Waals surface area contributed by atoms with E-state index in [0.29, 0.717) is 12.0 Å². The van der Waals surface area contributed by atoms with Crippen molar-refractivity contribution < 1.29 is 4.52 Å². The van der Waals surface area contributed by atoms with Gasteiger partial charge in [0.2, 0.25) is 0 Å². The molecule has 2 rings (SSSR count).